The molecule has 4 heteroatoms. The van der Waals surface area contributed by atoms with Gasteiger partial charge in [0.25, 0.3) is 0 Å². The number of methoxy groups -OCH3 is 1. The topological polar surface area (TPSA) is 52.6 Å². The Balaban J connectivity index is 3.07. The molecule has 15 heavy (non-hydrogen) atoms. The first-order chi connectivity index (χ1) is 6.90. The number of carbonyl (C=O) groups is 2. The standard InChI is InChI=1S/C11H16O4/c1-5-6-11(7-14-4)8(12)10(2,3)9(13)15-11/h5H,1,6-7H2,2-4H3/t11-/m0/s1. The van der Waals surface area contributed by atoms with Gasteiger partial charge in [0.05, 0.1) is 6.61 Å². The average molecular weight is 212 g/mol. The van der Waals surface area contributed by atoms with Crippen molar-refractivity contribution >= 4 is 11.8 Å². The molecule has 0 aromatic heterocycles. The summed E-state index contributed by atoms with van der Waals surface area (Å²) < 4.78 is 10.1. The van der Waals surface area contributed by atoms with Crippen molar-refractivity contribution in [2.75, 3.05) is 13.7 Å². The van der Waals surface area contributed by atoms with Gasteiger partial charge in [-0.2, -0.15) is 0 Å². The highest BCUT2D eigenvalue weighted by molar-refractivity contribution is 6.12. The second-order valence-electron chi connectivity index (χ2n) is 4.26. The van der Waals surface area contributed by atoms with Crippen LogP contribution < -0.4 is 0 Å². The maximum absolute atomic E-state index is 12.1. The molecule has 4 nitrogen and oxygen atoms in total. The Morgan fingerprint density at radius 2 is 2.07 bits per heavy atom. The van der Waals surface area contributed by atoms with Crippen molar-refractivity contribution in [3.8, 4) is 0 Å². The third-order valence-corrected chi connectivity index (χ3v) is 2.63. The number of rotatable bonds is 4. The summed E-state index contributed by atoms with van der Waals surface area (Å²) in [5.74, 6) is -0.729. The first-order valence-electron chi connectivity index (χ1n) is 4.79. The van der Waals surface area contributed by atoms with Crippen molar-refractivity contribution in [3.63, 3.8) is 0 Å². The van der Waals surface area contributed by atoms with Gasteiger partial charge in [0.1, 0.15) is 5.41 Å². The molecular formula is C11H16O4. The van der Waals surface area contributed by atoms with Crippen LogP contribution >= 0.6 is 0 Å². The van der Waals surface area contributed by atoms with E-state index in [2.05, 4.69) is 6.58 Å². The van der Waals surface area contributed by atoms with Gasteiger partial charge >= 0.3 is 5.97 Å². The highest BCUT2D eigenvalue weighted by atomic mass is 16.6. The Morgan fingerprint density at radius 3 is 2.40 bits per heavy atom. The van der Waals surface area contributed by atoms with E-state index in [9.17, 15) is 9.59 Å². The molecule has 1 heterocycles. The van der Waals surface area contributed by atoms with Gasteiger partial charge in [0.2, 0.25) is 0 Å². The molecule has 0 amide bonds. The summed E-state index contributed by atoms with van der Waals surface area (Å²) in [6.07, 6.45) is 1.85. The number of esters is 1. The van der Waals surface area contributed by atoms with E-state index in [1.165, 1.54) is 7.11 Å². The van der Waals surface area contributed by atoms with Gasteiger partial charge in [-0.25, -0.2) is 0 Å². The minimum absolute atomic E-state index is 0.0764. The monoisotopic (exact) mass is 212 g/mol. The predicted molar refractivity (Wildman–Crippen MR) is 54.3 cm³/mol. The minimum atomic E-state index is -1.17. The van der Waals surface area contributed by atoms with Crippen LogP contribution in [0.1, 0.15) is 20.3 Å². The first kappa shape index (κ1) is 11.9. The van der Waals surface area contributed by atoms with Gasteiger partial charge in [-0.15, -0.1) is 6.58 Å². The Labute approximate surface area is 89.2 Å². The molecule has 1 aliphatic rings. The summed E-state index contributed by atoms with van der Waals surface area (Å²) >= 11 is 0. The lowest BCUT2D eigenvalue weighted by Gasteiger charge is -2.24. The molecule has 1 fully saturated rings. The lowest BCUT2D eigenvalue weighted by molar-refractivity contribution is -0.158. The summed E-state index contributed by atoms with van der Waals surface area (Å²) in [6, 6.07) is 0. The van der Waals surface area contributed by atoms with Crippen molar-refractivity contribution in [2.45, 2.75) is 25.9 Å². The number of hydrogen-bond donors (Lipinski definition) is 0. The molecular weight excluding hydrogens is 196 g/mol. The van der Waals surface area contributed by atoms with Crippen molar-refractivity contribution in [2.24, 2.45) is 5.41 Å². The van der Waals surface area contributed by atoms with Crippen molar-refractivity contribution < 1.29 is 19.1 Å². The van der Waals surface area contributed by atoms with Crippen LogP contribution in [-0.2, 0) is 19.1 Å². The third-order valence-electron chi connectivity index (χ3n) is 2.63. The molecule has 1 rings (SSSR count). The maximum Gasteiger partial charge on any atom is 0.320 e. The fourth-order valence-electron chi connectivity index (χ4n) is 1.77. The number of cyclic esters (lactones) is 1. The number of ketones is 1. The first-order valence-corrected chi connectivity index (χ1v) is 4.79. The summed E-state index contributed by atoms with van der Waals surface area (Å²) in [5.41, 5.74) is -2.25. The van der Waals surface area contributed by atoms with Crippen LogP contribution in [0, 0.1) is 5.41 Å². The molecule has 0 bridgehead atoms. The van der Waals surface area contributed by atoms with Gasteiger partial charge in [-0.1, -0.05) is 6.08 Å². The van der Waals surface area contributed by atoms with Gasteiger partial charge < -0.3 is 9.47 Å². The maximum atomic E-state index is 12.1. The summed E-state index contributed by atoms with van der Waals surface area (Å²) in [7, 11) is 1.47. The fraction of sp³-hybridized carbons (Fsp3) is 0.636. The Bertz CT molecular complexity index is 306. The second-order valence-corrected chi connectivity index (χ2v) is 4.26. The third kappa shape index (κ3) is 1.69. The fourth-order valence-corrected chi connectivity index (χ4v) is 1.77. The van der Waals surface area contributed by atoms with Crippen LogP contribution in [0.2, 0.25) is 0 Å². The van der Waals surface area contributed by atoms with Crippen LogP contribution in [0.4, 0.5) is 0 Å². The van der Waals surface area contributed by atoms with E-state index < -0.39 is 17.0 Å². The predicted octanol–water partition coefficient (Wildman–Crippen LogP) is 1.10. The van der Waals surface area contributed by atoms with Gasteiger partial charge in [-0.3, -0.25) is 9.59 Å². The number of Topliss-reactive ketones (excluding diaryl/α,β-unsaturated/α-hetero) is 1. The molecule has 84 valence electrons. The molecule has 0 saturated carbocycles. The zero-order valence-electron chi connectivity index (χ0n) is 9.33. The zero-order valence-corrected chi connectivity index (χ0v) is 9.33. The van der Waals surface area contributed by atoms with E-state index in [0.29, 0.717) is 0 Å². The summed E-state index contributed by atoms with van der Waals surface area (Å²) in [6.45, 7) is 6.77. The highest BCUT2D eigenvalue weighted by Crippen LogP contribution is 2.38. The van der Waals surface area contributed by atoms with E-state index in [-0.39, 0.29) is 18.8 Å². The average Bonchev–Trinajstić information content (AvgIpc) is 2.30. The minimum Gasteiger partial charge on any atom is -0.447 e. The molecule has 1 saturated heterocycles. The quantitative estimate of drug-likeness (QED) is 0.398. The largest absolute Gasteiger partial charge is 0.447 e. The van der Waals surface area contributed by atoms with Gasteiger partial charge in [0.15, 0.2) is 11.4 Å². The molecule has 0 spiro atoms. The number of ether oxygens (including phenoxy) is 2. The lowest BCUT2D eigenvalue weighted by atomic mass is 9.81. The Hall–Kier alpha value is -1.16. The Morgan fingerprint density at radius 1 is 1.47 bits per heavy atom. The van der Waals surface area contributed by atoms with E-state index in [4.69, 9.17) is 9.47 Å². The van der Waals surface area contributed by atoms with E-state index in [1.54, 1.807) is 19.9 Å². The zero-order chi connectivity index (χ0) is 11.7. The molecule has 0 aliphatic carbocycles. The Kier molecular flexibility index (Phi) is 3.00. The molecule has 0 unspecified atom stereocenters. The molecule has 0 aromatic rings. The molecule has 0 radical (unpaired) electrons. The van der Waals surface area contributed by atoms with Crippen LogP contribution in [0.15, 0.2) is 12.7 Å². The van der Waals surface area contributed by atoms with Crippen molar-refractivity contribution in [1.82, 2.24) is 0 Å². The van der Waals surface area contributed by atoms with Crippen molar-refractivity contribution in [3.05, 3.63) is 12.7 Å². The number of carbonyl (C=O) groups excluding carboxylic acids is 2. The van der Waals surface area contributed by atoms with Gasteiger partial charge in [-0.05, 0) is 13.8 Å². The molecule has 0 N–H and O–H groups in total. The molecule has 1 aliphatic heterocycles. The SMILES string of the molecule is C=CC[C@@]1(COC)OC(=O)C(C)(C)C1=O. The van der Waals surface area contributed by atoms with Crippen molar-refractivity contribution in [1.29, 1.82) is 0 Å². The normalized spacial score (nSPS) is 29.0. The van der Waals surface area contributed by atoms with E-state index >= 15 is 0 Å². The van der Waals surface area contributed by atoms with E-state index in [1.807, 2.05) is 0 Å². The van der Waals surface area contributed by atoms with Crippen LogP contribution in [0.3, 0.4) is 0 Å². The lowest BCUT2D eigenvalue weighted by Crippen LogP contribution is -2.43. The molecule has 1 atom stereocenters. The molecule has 0 aromatic carbocycles. The van der Waals surface area contributed by atoms with Crippen LogP contribution in [0.25, 0.3) is 0 Å². The summed E-state index contributed by atoms with van der Waals surface area (Å²) in [4.78, 5) is 23.6. The highest BCUT2D eigenvalue weighted by Gasteiger charge is 2.59. The van der Waals surface area contributed by atoms with Crippen LogP contribution in [-0.4, -0.2) is 31.1 Å². The number of hydrogen-bond acceptors (Lipinski definition) is 4. The van der Waals surface area contributed by atoms with Crippen LogP contribution in [0.5, 0.6) is 0 Å². The van der Waals surface area contributed by atoms with Gasteiger partial charge in [0, 0.05) is 13.5 Å². The summed E-state index contributed by atoms with van der Waals surface area (Å²) in [5, 5.41) is 0. The van der Waals surface area contributed by atoms with E-state index in [0.717, 1.165) is 0 Å². The second kappa shape index (κ2) is 3.77. The smallest absolute Gasteiger partial charge is 0.320 e.